The highest BCUT2D eigenvalue weighted by Crippen LogP contribution is 2.07. The predicted octanol–water partition coefficient (Wildman–Crippen LogP) is 6.82. The minimum absolute atomic E-state index is 0.415. The molecular weight excluding hydrogens is 320 g/mol. The standard InChI is InChI=1S/2C12H18O/c2*13-12-10-8-6-4-2-1-3-5-7-9-11-12/h2*2,4-5,7H,1,3,6,8-11H2/b4-2+,7-5+;4-2+,7-5-. The molecule has 0 heterocycles. The molecule has 0 fully saturated rings. The number of rotatable bonds is 0. The molecule has 2 aliphatic carbocycles. The summed E-state index contributed by atoms with van der Waals surface area (Å²) in [6.07, 6.45) is 31.0. The van der Waals surface area contributed by atoms with E-state index in [2.05, 4.69) is 48.6 Å². The number of ketones is 2. The van der Waals surface area contributed by atoms with E-state index < -0.39 is 0 Å². The van der Waals surface area contributed by atoms with Crippen LogP contribution in [-0.4, -0.2) is 11.6 Å². The monoisotopic (exact) mass is 356 g/mol. The normalized spacial score (nSPS) is 25.7. The van der Waals surface area contributed by atoms with Crippen molar-refractivity contribution in [2.75, 3.05) is 0 Å². The molecule has 144 valence electrons. The van der Waals surface area contributed by atoms with Crippen molar-refractivity contribution in [2.24, 2.45) is 0 Å². The Morgan fingerprint density at radius 2 is 0.692 bits per heavy atom. The summed E-state index contributed by atoms with van der Waals surface area (Å²) < 4.78 is 0. The molecule has 0 unspecified atom stereocenters. The molecule has 2 nitrogen and oxygen atoms in total. The lowest BCUT2D eigenvalue weighted by molar-refractivity contribution is -0.119. The average Bonchev–Trinajstić information content (AvgIpc) is 2.61. The highest BCUT2D eigenvalue weighted by molar-refractivity contribution is 5.78. The molecule has 0 aromatic rings. The molecule has 26 heavy (non-hydrogen) atoms. The molecule has 0 aromatic carbocycles. The molecule has 0 saturated heterocycles. The van der Waals surface area contributed by atoms with E-state index in [0.29, 0.717) is 11.6 Å². The molecule has 0 amide bonds. The van der Waals surface area contributed by atoms with Gasteiger partial charge in [0.15, 0.2) is 0 Å². The van der Waals surface area contributed by atoms with E-state index >= 15 is 0 Å². The predicted molar refractivity (Wildman–Crippen MR) is 111 cm³/mol. The zero-order valence-electron chi connectivity index (χ0n) is 16.3. The van der Waals surface area contributed by atoms with Crippen molar-refractivity contribution < 1.29 is 9.59 Å². The van der Waals surface area contributed by atoms with Gasteiger partial charge in [-0.3, -0.25) is 9.59 Å². The molecule has 0 atom stereocenters. The second-order valence-corrected chi connectivity index (χ2v) is 6.98. The van der Waals surface area contributed by atoms with E-state index in [1.165, 1.54) is 0 Å². The number of hydrogen-bond acceptors (Lipinski definition) is 2. The Hall–Kier alpha value is -1.70. The number of carbonyl (C=O) groups excluding carboxylic acids is 2. The van der Waals surface area contributed by atoms with Crippen LogP contribution >= 0.6 is 0 Å². The number of allylic oxidation sites excluding steroid dienone is 8. The zero-order valence-corrected chi connectivity index (χ0v) is 16.3. The van der Waals surface area contributed by atoms with Crippen LogP contribution < -0.4 is 0 Å². The minimum Gasteiger partial charge on any atom is -0.300 e. The number of carbonyl (C=O) groups is 2. The molecule has 2 aliphatic rings. The Bertz CT molecular complexity index is 448. The third-order valence-electron chi connectivity index (χ3n) is 4.50. The topological polar surface area (TPSA) is 34.1 Å². The van der Waals surface area contributed by atoms with E-state index in [1.807, 2.05) is 0 Å². The quantitative estimate of drug-likeness (QED) is 0.446. The molecule has 2 heteroatoms. The van der Waals surface area contributed by atoms with Gasteiger partial charge in [-0.25, -0.2) is 0 Å². The smallest absolute Gasteiger partial charge is 0.133 e. The molecule has 0 aromatic heterocycles. The maximum Gasteiger partial charge on any atom is 0.133 e. The summed E-state index contributed by atoms with van der Waals surface area (Å²) in [6, 6.07) is 0. The molecular formula is C24H36O2. The van der Waals surface area contributed by atoms with Crippen LogP contribution in [0.15, 0.2) is 48.6 Å². The molecule has 0 spiro atoms. The SMILES string of the molecule is O=C1CC/C=C/CC/C=C/CCC1.O=C1CC/C=C\CC/C=C/CCC1. The fourth-order valence-electron chi connectivity index (χ4n) is 2.90. The first-order valence-corrected chi connectivity index (χ1v) is 10.4. The number of hydrogen-bond donors (Lipinski definition) is 0. The van der Waals surface area contributed by atoms with Crippen molar-refractivity contribution in [3.05, 3.63) is 48.6 Å². The van der Waals surface area contributed by atoms with Crippen LogP contribution in [0.25, 0.3) is 0 Å². The van der Waals surface area contributed by atoms with Gasteiger partial charge in [0, 0.05) is 25.7 Å². The van der Waals surface area contributed by atoms with Crippen molar-refractivity contribution >= 4 is 11.6 Å². The molecule has 0 N–H and O–H groups in total. The molecule has 0 saturated carbocycles. The van der Waals surface area contributed by atoms with E-state index in [0.717, 1.165) is 89.9 Å². The summed E-state index contributed by atoms with van der Waals surface area (Å²) in [4.78, 5) is 22.5. The highest BCUT2D eigenvalue weighted by atomic mass is 16.1. The van der Waals surface area contributed by atoms with Crippen molar-refractivity contribution in [3.8, 4) is 0 Å². The van der Waals surface area contributed by atoms with Gasteiger partial charge in [0.25, 0.3) is 0 Å². The molecule has 0 aliphatic heterocycles. The van der Waals surface area contributed by atoms with Crippen LogP contribution in [0.1, 0.15) is 89.9 Å². The van der Waals surface area contributed by atoms with E-state index in [1.54, 1.807) is 0 Å². The Morgan fingerprint density at radius 3 is 1.08 bits per heavy atom. The van der Waals surface area contributed by atoms with Crippen molar-refractivity contribution in [1.82, 2.24) is 0 Å². The lowest BCUT2D eigenvalue weighted by Crippen LogP contribution is -1.96. The van der Waals surface area contributed by atoms with E-state index in [-0.39, 0.29) is 0 Å². The summed E-state index contributed by atoms with van der Waals surface area (Å²) in [7, 11) is 0. The Balaban J connectivity index is 0.000000260. The molecule has 0 bridgehead atoms. The van der Waals surface area contributed by atoms with Crippen molar-refractivity contribution in [1.29, 1.82) is 0 Å². The van der Waals surface area contributed by atoms with Crippen molar-refractivity contribution in [2.45, 2.75) is 89.9 Å². The lowest BCUT2D eigenvalue weighted by Gasteiger charge is -1.98. The van der Waals surface area contributed by atoms with Crippen LogP contribution in [0.4, 0.5) is 0 Å². The first-order chi connectivity index (χ1) is 12.8. The average molecular weight is 357 g/mol. The summed E-state index contributed by atoms with van der Waals surface area (Å²) >= 11 is 0. The Kier molecular flexibility index (Phi) is 14.4. The van der Waals surface area contributed by atoms with Crippen LogP contribution in [0.2, 0.25) is 0 Å². The van der Waals surface area contributed by atoms with Gasteiger partial charge in [-0.05, 0) is 64.2 Å². The van der Waals surface area contributed by atoms with Gasteiger partial charge in [-0.1, -0.05) is 48.6 Å². The maximum absolute atomic E-state index is 11.2. The van der Waals surface area contributed by atoms with Gasteiger partial charge >= 0.3 is 0 Å². The first-order valence-electron chi connectivity index (χ1n) is 10.4. The molecule has 0 radical (unpaired) electrons. The van der Waals surface area contributed by atoms with Gasteiger partial charge in [-0.15, -0.1) is 0 Å². The third-order valence-corrected chi connectivity index (χ3v) is 4.50. The lowest BCUT2D eigenvalue weighted by atomic mass is 10.1. The van der Waals surface area contributed by atoms with Gasteiger partial charge in [0.1, 0.15) is 11.6 Å². The van der Waals surface area contributed by atoms with E-state index in [4.69, 9.17) is 0 Å². The van der Waals surface area contributed by atoms with Crippen LogP contribution in [0.5, 0.6) is 0 Å². The van der Waals surface area contributed by atoms with Gasteiger partial charge in [-0.2, -0.15) is 0 Å². The highest BCUT2D eigenvalue weighted by Gasteiger charge is 2.00. The fraction of sp³-hybridized carbons (Fsp3) is 0.583. The summed E-state index contributed by atoms with van der Waals surface area (Å²) in [5.41, 5.74) is 0. The Morgan fingerprint density at radius 1 is 0.385 bits per heavy atom. The zero-order chi connectivity index (χ0) is 18.7. The van der Waals surface area contributed by atoms with Crippen LogP contribution in [-0.2, 0) is 9.59 Å². The fourth-order valence-corrected chi connectivity index (χ4v) is 2.90. The summed E-state index contributed by atoms with van der Waals surface area (Å²) in [5.74, 6) is 0.831. The first kappa shape index (κ1) is 22.3. The Labute approximate surface area is 160 Å². The van der Waals surface area contributed by atoms with Gasteiger partial charge in [0.05, 0.1) is 0 Å². The van der Waals surface area contributed by atoms with Crippen LogP contribution in [0, 0.1) is 0 Å². The maximum atomic E-state index is 11.2. The van der Waals surface area contributed by atoms with Gasteiger partial charge in [0.2, 0.25) is 0 Å². The summed E-state index contributed by atoms with van der Waals surface area (Å²) in [5, 5.41) is 0. The molecule has 2 rings (SSSR count). The summed E-state index contributed by atoms with van der Waals surface area (Å²) in [6.45, 7) is 0. The second kappa shape index (κ2) is 16.8. The number of Topliss-reactive ketones (excluding diaryl/α,β-unsaturated/α-hetero) is 2. The van der Waals surface area contributed by atoms with Crippen LogP contribution in [0.3, 0.4) is 0 Å². The minimum atomic E-state index is 0.415. The van der Waals surface area contributed by atoms with Crippen molar-refractivity contribution in [3.63, 3.8) is 0 Å². The largest absolute Gasteiger partial charge is 0.300 e. The third kappa shape index (κ3) is 14.6. The van der Waals surface area contributed by atoms with E-state index in [9.17, 15) is 9.59 Å². The van der Waals surface area contributed by atoms with Gasteiger partial charge < -0.3 is 0 Å². The second-order valence-electron chi connectivity index (χ2n) is 6.98.